The van der Waals surface area contributed by atoms with Gasteiger partial charge in [-0.15, -0.1) is 0 Å². The lowest BCUT2D eigenvalue weighted by atomic mass is 10.1. The minimum absolute atomic E-state index is 0.195. The number of halogens is 1. The molecule has 2 nitrogen and oxygen atoms in total. The first-order valence-electron chi connectivity index (χ1n) is 6.56. The molecule has 0 bridgehead atoms. The maximum absolute atomic E-state index is 13.4. The number of benzene rings is 2. The molecule has 0 radical (unpaired) electrons. The van der Waals surface area contributed by atoms with Gasteiger partial charge in [0.15, 0.2) is 0 Å². The van der Waals surface area contributed by atoms with Crippen molar-refractivity contribution in [2.75, 3.05) is 7.11 Å². The number of aromatic nitrogens is 1. The third-order valence-electron chi connectivity index (χ3n) is 3.65. The van der Waals surface area contributed by atoms with Gasteiger partial charge in [-0.05, 0) is 48.4 Å². The van der Waals surface area contributed by atoms with Crippen LogP contribution in [0.15, 0.2) is 48.7 Å². The highest BCUT2D eigenvalue weighted by Crippen LogP contribution is 2.27. The normalized spacial score (nSPS) is 10.9. The first kappa shape index (κ1) is 12.7. The molecule has 3 heteroatoms. The van der Waals surface area contributed by atoms with Crippen LogP contribution in [0.4, 0.5) is 4.39 Å². The second-order valence-corrected chi connectivity index (χ2v) is 4.91. The Hall–Kier alpha value is -2.29. The molecule has 2 aromatic carbocycles. The smallest absolute Gasteiger partial charge is 0.128 e. The van der Waals surface area contributed by atoms with Gasteiger partial charge >= 0.3 is 0 Å². The molecule has 3 rings (SSSR count). The lowest BCUT2D eigenvalue weighted by Crippen LogP contribution is -2.00. The summed E-state index contributed by atoms with van der Waals surface area (Å²) >= 11 is 0. The Balaban J connectivity index is 2.05. The maximum atomic E-state index is 13.4. The number of rotatable bonds is 3. The molecule has 3 aromatic rings. The molecule has 0 saturated heterocycles. The zero-order valence-corrected chi connectivity index (χ0v) is 11.6. The van der Waals surface area contributed by atoms with Gasteiger partial charge in [-0.25, -0.2) is 4.39 Å². The van der Waals surface area contributed by atoms with Gasteiger partial charge in [0.05, 0.1) is 12.6 Å². The molecule has 1 aromatic heterocycles. The van der Waals surface area contributed by atoms with E-state index in [-0.39, 0.29) is 5.82 Å². The summed E-state index contributed by atoms with van der Waals surface area (Å²) in [7, 11) is 1.67. The van der Waals surface area contributed by atoms with Crippen LogP contribution in [0.2, 0.25) is 0 Å². The summed E-state index contributed by atoms with van der Waals surface area (Å²) in [4.78, 5) is 0. The zero-order chi connectivity index (χ0) is 14.1. The molecule has 0 N–H and O–H groups in total. The van der Waals surface area contributed by atoms with Crippen molar-refractivity contribution in [2.24, 2.45) is 0 Å². The fourth-order valence-corrected chi connectivity index (χ4v) is 2.50. The molecule has 0 aliphatic rings. The maximum Gasteiger partial charge on any atom is 0.128 e. The Labute approximate surface area is 117 Å². The van der Waals surface area contributed by atoms with Gasteiger partial charge in [-0.3, -0.25) is 0 Å². The van der Waals surface area contributed by atoms with Crippen LogP contribution in [-0.2, 0) is 6.54 Å². The number of methoxy groups -OCH3 is 1. The van der Waals surface area contributed by atoms with Crippen molar-refractivity contribution in [3.05, 3.63) is 65.6 Å². The summed E-state index contributed by atoms with van der Waals surface area (Å²) in [6.45, 7) is 2.65. The first-order valence-corrected chi connectivity index (χ1v) is 6.56. The van der Waals surface area contributed by atoms with E-state index < -0.39 is 0 Å². The van der Waals surface area contributed by atoms with E-state index in [1.54, 1.807) is 13.2 Å². The van der Waals surface area contributed by atoms with Crippen LogP contribution in [-0.4, -0.2) is 11.7 Å². The van der Waals surface area contributed by atoms with Crippen molar-refractivity contribution < 1.29 is 9.13 Å². The Morgan fingerprint density at radius 3 is 2.80 bits per heavy atom. The van der Waals surface area contributed by atoms with E-state index in [2.05, 4.69) is 4.57 Å². The quantitative estimate of drug-likeness (QED) is 0.697. The van der Waals surface area contributed by atoms with Crippen LogP contribution in [0.5, 0.6) is 5.75 Å². The van der Waals surface area contributed by atoms with E-state index in [9.17, 15) is 4.39 Å². The molecule has 1 heterocycles. The molecule has 20 heavy (non-hydrogen) atoms. The highest BCUT2D eigenvalue weighted by Gasteiger charge is 2.07. The van der Waals surface area contributed by atoms with Crippen LogP contribution in [0.3, 0.4) is 0 Å². The molecular weight excluding hydrogens is 253 g/mol. The fraction of sp³-hybridized carbons (Fsp3) is 0.176. The van der Waals surface area contributed by atoms with Crippen LogP contribution in [0.25, 0.3) is 10.9 Å². The summed E-state index contributed by atoms with van der Waals surface area (Å²) in [5.41, 5.74) is 3.18. The summed E-state index contributed by atoms with van der Waals surface area (Å²) in [5, 5.41) is 1.07. The first-order chi connectivity index (χ1) is 9.69. The standard InChI is InChI=1S/C17H16FNO/c1-12-6-7-14(18)10-13(12)11-19-9-8-15-16(19)4-3-5-17(15)20-2/h3-10H,11H2,1-2H3. The van der Waals surface area contributed by atoms with Gasteiger partial charge in [0.2, 0.25) is 0 Å². The van der Waals surface area contributed by atoms with Crippen LogP contribution in [0.1, 0.15) is 11.1 Å². The molecule has 0 amide bonds. The van der Waals surface area contributed by atoms with E-state index in [1.807, 2.05) is 43.5 Å². The number of hydrogen-bond acceptors (Lipinski definition) is 1. The summed E-state index contributed by atoms with van der Waals surface area (Å²) in [6.07, 6.45) is 2.01. The van der Waals surface area contributed by atoms with Crippen molar-refractivity contribution in [1.82, 2.24) is 4.57 Å². The molecule has 0 atom stereocenters. The lowest BCUT2D eigenvalue weighted by Gasteiger charge is -2.09. The number of ether oxygens (including phenoxy) is 1. The van der Waals surface area contributed by atoms with Crippen molar-refractivity contribution in [2.45, 2.75) is 13.5 Å². The molecular formula is C17H16FNO. The minimum Gasteiger partial charge on any atom is -0.496 e. The molecule has 0 aliphatic heterocycles. The lowest BCUT2D eigenvalue weighted by molar-refractivity contribution is 0.420. The summed E-state index contributed by atoms with van der Waals surface area (Å²) in [6, 6.07) is 12.9. The monoisotopic (exact) mass is 269 g/mol. The van der Waals surface area contributed by atoms with E-state index in [1.165, 1.54) is 6.07 Å². The van der Waals surface area contributed by atoms with Crippen LogP contribution < -0.4 is 4.74 Å². The predicted octanol–water partition coefficient (Wildman–Crippen LogP) is 4.15. The van der Waals surface area contributed by atoms with E-state index in [0.717, 1.165) is 27.8 Å². The van der Waals surface area contributed by atoms with Gasteiger partial charge in [0, 0.05) is 18.1 Å². The van der Waals surface area contributed by atoms with Gasteiger partial charge in [-0.1, -0.05) is 12.1 Å². The van der Waals surface area contributed by atoms with E-state index in [4.69, 9.17) is 4.74 Å². The Kier molecular flexibility index (Phi) is 3.18. The Morgan fingerprint density at radius 1 is 1.15 bits per heavy atom. The van der Waals surface area contributed by atoms with Crippen molar-refractivity contribution in [3.8, 4) is 5.75 Å². The molecule has 0 spiro atoms. The van der Waals surface area contributed by atoms with Gasteiger partial charge in [0.25, 0.3) is 0 Å². The Bertz CT molecular complexity index is 761. The number of hydrogen-bond donors (Lipinski definition) is 0. The number of nitrogens with zero attached hydrogens (tertiary/aromatic N) is 1. The summed E-state index contributed by atoms with van der Waals surface area (Å²) in [5.74, 6) is 0.664. The largest absolute Gasteiger partial charge is 0.496 e. The third kappa shape index (κ3) is 2.16. The van der Waals surface area contributed by atoms with Gasteiger partial charge < -0.3 is 9.30 Å². The summed E-state index contributed by atoms with van der Waals surface area (Å²) < 4.78 is 20.9. The zero-order valence-electron chi connectivity index (χ0n) is 11.6. The molecule has 0 aliphatic carbocycles. The van der Waals surface area contributed by atoms with E-state index >= 15 is 0 Å². The topological polar surface area (TPSA) is 14.2 Å². The van der Waals surface area contributed by atoms with Gasteiger partial charge in [-0.2, -0.15) is 0 Å². The third-order valence-corrected chi connectivity index (χ3v) is 3.65. The average molecular weight is 269 g/mol. The average Bonchev–Trinajstić information content (AvgIpc) is 2.86. The number of aryl methyl sites for hydroxylation is 1. The van der Waals surface area contributed by atoms with Crippen molar-refractivity contribution in [1.29, 1.82) is 0 Å². The SMILES string of the molecule is COc1cccc2c1ccn2Cc1cc(F)ccc1C. The molecule has 102 valence electrons. The second-order valence-electron chi connectivity index (χ2n) is 4.91. The van der Waals surface area contributed by atoms with Gasteiger partial charge in [0.1, 0.15) is 11.6 Å². The predicted molar refractivity (Wildman–Crippen MR) is 78.7 cm³/mol. The van der Waals surface area contributed by atoms with Crippen LogP contribution >= 0.6 is 0 Å². The second kappa shape index (κ2) is 5.00. The van der Waals surface area contributed by atoms with Crippen molar-refractivity contribution in [3.63, 3.8) is 0 Å². The molecule has 0 unspecified atom stereocenters. The highest BCUT2D eigenvalue weighted by atomic mass is 19.1. The number of fused-ring (bicyclic) bond motifs is 1. The highest BCUT2D eigenvalue weighted by molar-refractivity contribution is 5.86. The van der Waals surface area contributed by atoms with E-state index in [0.29, 0.717) is 6.54 Å². The fourth-order valence-electron chi connectivity index (χ4n) is 2.50. The Morgan fingerprint density at radius 2 is 2.00 bits per heavy atom. The molecule has 0 fully saturated rings. The van der Waals surface area contributed by atoms with Crippen molar-refractivity contribution >= 4 is 10.9 Å². The minimum atomic E-state index is -0.195. The molecule has 0 saturated carbocycles. The van der Waals surface area contributed by atoms with Crippen LogP contribution in [0, 0.1) is 12.7 Å².